The number of likely N-dealkylation sites (tertiary alicyclic amines) is 1. The molecule has 0 radical (unpaired) electrons. The van der Waals surface area contributed by atoms with Gasteiger partial charge >= 0.3 is 0 Å². The third kappa shape index (κ3) is 6.37. The predicted octanol–water partition coefficient (Wildman–Crippen LogP) is 3.53. The van der Waals surface area contributed by atoms with E-state index in [9.17, 15) is 13.2 Å². The third-order valence-electron chi connectivity index (χ3n) is 6.82. The molecule has 0 spiro atoms. The maximum absolute atomic E-state index is 12.7. The van der Waals surface area contributed by atoms with Gasteiger partial charge in [-0.1, -0.05) is 17.7 Å². The van der Waals surface area contributed by atoms with Gasteiger partial charge in [-0.15, -0.1) is 0 Å². The number of nitrogens with one attached hydrogen (secondary N) is 2. The predicted molar refractivity (Wildman–Crippen MR) is 137 cm³/mol. The van der Waals surface area contributed by atoms with Gasteiger partial charge in [-0.3, -0.25) is 9.69 Å². The molecule has 8 heteroatoms. The highest BCUT2D eigenvalue weighted by atomic mass is 32.2. The number of hydrogen-bond donors (Lipinski definition) is 2. The van der Waals surface area contributed by atoms with Crippen LogP contribution in [0.2, 0.25) is 0 Å². The normalized spacial score (nSPS) is 19.4. The molecular weight excluding hydrogens is 448 g/mol. The van der Waals surface area contributed by atoms with E-state index in [2.05, 4.69) is 32.0 Å². The zero-order valence-electron chi connectivity index (χ0n) is 20.2. The van der Waals surface area contributed by atoms with E-state index < -0.39 is 10.0 Å². The van der Waals surface area contributed by atoms with E-state index in [0.29, 0.717) is 19.6 Å². The van der Waals surface area contributed by atoms with E-state index >= 15 is 0 Å². The minimum Gasteiger partial charge on any atom is -0.372 e. The van der Waals surface area contributed by atoms with Crippen molar-refractivity contribution in [2.75, 3.05) is 49.5 Å². The summed E-state index contributed by atoms with van der Waals surface area (Å²) >= 11 is 0. The first-order valence-corrected chi connectivity index (χ1v) is 13.7. The molecule has 2 fully saturated rings. The number of amides is 1. The molecule has 184 valence electrons. The summed E-state index contributed by atoms with van der Waals surface area (Å²) in [5.74, 6) is 0.154. The second-order valence-corrected chi connectivity index (χ2v) is 11.4. The van der Waals surface area contributed by atoms with Crippen molar-refractivity contribution in [2.24, 2.45) is 5.92 Å². The van der Waals surface area contributed by atoms with E-state index in [1.807, 2.05) is 19.9 Å². The lowest BCUT2D eigenvalue weighted by Gasteiger charge is -2.32. The SMILES string of the molecule is Cc1ccc(S(=O)(=O)NCC2CCCN(CC(=O)Nc3ccc(N4CCCC4)cc3C)C2)cc1. The van der Waals surface area contributed by atoms with Crippen molar-refractivity contribution >= 4 is 27.3 Å². The molecular formula is C26H36N4O3S. The molecule has 4 rings (SSSR count). The fourth-order valence-electron chi connectivity index (χ4n) is 4.84. The molecule has 1 unspecified atom stereocenters. The van der Waals surface area contributed by atoms with Crippen molar-refractivity contribution in [2.45, 2.75) is 44.4 Å². The summed E-state index contributed by atoms with van der Waals surface area (Å²) in [6.45, 7) is 8.41. The molecule has 2 saturated heterocycles. The van der Waals surface area contributed by atoms with Crippen LogP contribution in [-0.2, 0) is 14.8 Å². The van der Waals surface area contributed by atoms with E-state index in [1.165, 1.54) is 18.5 Å². The summed E-state index contributed by atoms with van der Waals surface area (Å²) < 4.78 is 27.9. The van der Waals surface area contributed by atoms with E-state index in [0.717, 1.165) is 49.3 Å². The van der Waals surface area contributed by atoms with Gasteiger partial charge in [0.15, 0.2) is 0 Å². The van der Waals surface area contributed by atoms with Crippen molar-refractivity contribution in [3.05, 3.63) is 53.6 Å². The molecule has 0 aliphatic carbocycles. The Morgan fingerprint density at radius 3 is 2.44 bits per heavy atom. The van der Waals surface area contributed by atoms with Gasteiger partial charge in [0.2, 0.25) is 15.9 Å². The summed E-state index contributed by atoms with van der Waals surface area (Å²) in [4.78, 5) is 17.5. The van der Waals surface area contributed by atoms with Crippen molar-refractivity contribution < 1.29 is 13.2 Å². The van der Waals surface area contributed by atoms with Gasteiger partial charge in [0.1, 0.15) is 0 Å². The molecule has 1 amide bonds. The van der Waals surface area contributed by atoms with Crippen LogP contribution in [0.5, 0.6) is 0 Å². The first-order chi connectivity index (χ1) is 16.3. The maximum atomic E-state index is 12.7. The number of aryl methyl sites for hydroxylation is 2. The van der Waals surface area contributed by atoms with Crippen LogP contribution < -0.4 is 14.9 Å². The van der Waals surface area contributed by atoms with Crippen molar-refractivity contribution in [1.82, 2.24) is 9.62 Å². The third-order valence-corrected chi connectivity index (χ3v) is 8.26. The van der Waals surface area contributed by atoms with Crippen LogP contribution in [0.4, 0.5) is 11.4 Å². The Bertz CT molecular complexity index is 1100. The second kappa shape index (κ2) is 10.9. The lowest BCUT2D eigenvalue weighted by Crippen LogP contribution is -2.43. The van der Waals surface area contributed by atoms with E-state index in [-0.39, 0.29) is 16.7 Å². The first kappa shape index (κ1) is 24.7. The van der Waals surface area contributed by atoms with E-state index in [4.69, 9.17) is 0 Å². The van der Waals surface area contributed by atoms with Crippen LogP contribution in [0, 0.1) is 19.8 Å². The van der Waals surface area contributed by atoms with Crippen LogP contribution in [0.1, 0.15) is 36.8 Å². The Labute approximate surface area is 203 Å². The average molecular weight is 485 g/mol. The standard InChI is InChI=1S/C26H36N4O3S/c1-20-7-10-24(11-8-20)34(32,33)27-17-22-6-5-13-29(18-22)19-26(31)28-25-12-9-23(16-21(25)2)30-14-3-4-15-30/h7-12,16,22,27H,3-6,13-15,17-19H2,1-2H3,(H,28,31). The van der Waals surface area contributed by atoms with Gasteiger partial charge in [-0.25, -0.2) is 13.1 Å². The van der Waals surface area contributed by atoms with Crippen LogP contribution in [0.3, 0.4) is 0 Å². The van der Waals surface area contributed by atoms with Gasteiger partial charge in [-0.05, 0) is 87.9 Å². The Morgan fingerprint density at radius 1 is 1.00 bits per heavy atom. The van der Waals surface area contributed by atoms with E-state index in [1.54, 1.807) is 24.3 Å². The fourth-order valence-corrected chi connectivity index (χ4v) is 5.96. The van der Waals surface area contributed by atoms with Gasteiger partial charge in [0, 0.05) is 37.6 Å². The molecule has 2 aliphatic rings. The number of rotatable bonds is 8. The Hall–Kier alpha value is -2.42. The lowest BCUT2D eigenvalue weighted by atomic mass is 9.98. The van der Waals surface area contributed by atoms with Crippen LogP contribution in [0.15, 0.2) is 47.4 Å². The fraction of sp³-hybridized carbons (Fsp3) is 0.500. The van der Waals surface area contributed by atoms with Gasteiger partial charge in [-0.2, -0.15) is 0 Å². The number of hydrogen-bond acceptors (Lipinski definition) is 5. The number of benzene rings is 2. The Morgan fingerprint density at radius 2 is 1.74 bits per heavy atom. The number of sulfonamides is 1. The smallest absolute Gasteiger partial charge is 0.240 e. The maximum Gasteiger partial charge on any atom is 0.240 e. The monoisotopic (exact) mass is 484 g/mol. The van der Waals surface area contributed by atoms with Crippen molar-refractivity contribution in [3.63, 3.8) is 0 Å². The molecule has 2 heterocycles. The molecule has 2 N–H and O–H groups in total. The van der Waals surface area contributed by atoms with Crippen LogP contribution in [0.25, 0.3) is 0 Å². The Balaban J connectivity index is 1.27. The largest absolute Gasteiger partial charge is 0.372 e. The number of piperidine rings is 1. The lowest BCUT2D eigenvalue weighted by molar-refractivity contribution is -0.117. The number of nitrogens with zero attached hydrogens (tertiary/aromatic N) is 2. The number of carbonyl (C=O) groups excluding carboxylic acids is 1. The summed E-state index contributed by atoms with van der Waals surface area (Å²) in [5.41, 5.74) is 4.17. The molecule has 0 aromatic heterocycles. The quantitative estimate of drug-likeness (QED) is 0.599. The van der Waals surface area contributed by atoms with Crippen molar-refractivity contribution in [1.29, 1.82) is 0 Å². The minimum absolute atomic E-state index is 0.0297. The summed E-state index contributed by atoms with van der Waals surface area (Å²) in [6.07, 6.45) is 4.38. The second-order valence-electron chi connectivity index (χ2n) is 9.65. The molecule has 0 bridgehead atoms. The zero-order valence-corrected chi connectivity index (χ0v) is 21.0. The van der Waals surface area contributed by atoms with Crippen LogP contribution >= 0.6 is 0 Å². The van der Waals surface area contributed by atoms with Gasteiger partial charge < -0.3 is 10.2 Å². The molecule has 2 aromatic carbocycles. The highest BCUT2D eigenvalue weighted by Gasteiger charge is 2.24. The molecule has 34 heavy (non-hydrogen) atoms. The average Bonchev–Trinajstić information content (AvgIpc) is 3.35. The highest BCUT2D eigenvalue weighted by Crippen LogP contribution is 2.25. The molecule has 2 aromatic rings. The van der Waals surface area contributed by atoms with Crippen LogP contribution in [-0.4, -0.2) is 58.5 Å². The molecule has 7 nitrogen and oxygen atoms in total. The molecule has 0 saturated carbocycles. The number of carbonyl (C=O) groups is 1. The minimum atomic E-state index is -3.52. The Kier molecular flexibility index (Phi) is 7.91. The topological polar surface area (TPSA) is 81.8 Å². The van der Waals surface area contributed by atoms with Crippen molar-refractivity contribution in [3.8, 4) is 0 Å². The summed E-state index contributed by atoms with van der Waals surface area (Å²) in [6, 6.07) is 13.1. The summed E-state index contributed by atoms with van der Waals surface area (Å²) in [7, 11) is -3.52. The van der Waals surface area contributed by atoms with Gasteiger partial charge in [0.25, 0.3) is 0 Å². The zero-order chi connectivity index (χ0) is 24.1. The summed E-state index contributed by atoms with van der Waals surface area (Å²) in [5, 5.41) is 3.06. The molecule has 1 atom stereocenters. The van der Waals surface area contributed by atoms with Gasteiger partial charge in [0.05, 0.1) is 11.4 Å². The molecule has 2 aliphatic heterocycles. The first-order valence-electron chi connectivity index (χ1n) is 12.2. The number of anilines is 2. The highest BCUT2D eigenvalue weighted by molar-refractivity contribution is 7.89.